The maximum Gasteiger partial charge on any atom is 0.329 e. The summed E-state index contributed by atoms with van der Waals surface area (Å²) in [5.41, 5.74) is 2.04. The average molecular weight is 491 g/mol. The van der Waals surface area contributed by atoms with E-state index in [1.807, 2.05) is 6.92 Å². The van der Waals surface area contributed by atoms with E-state index in [1.165, 1.54) is 4.68 Å². The average Bonchev–Trinajstić information content (AvgIpc) is 3.31. The highest BCUT2D eigenvalue weighted by Gasteiger charge is 2.32. The summed E-state index contributed by atoms with van der Waals surface area (Å²) < 4.78 is 30.3. The number of nitrogens with one attached hydrogen (secondary N) is 2. The fourth-order valence-corrected chi connectivity index (χ4v) is 5.38. The predicted octanol–water partition coefficient (Wildman–Crippen LogP) is 1.80. The molecule has 0 spiro atoms. The molecule has 2 heterocycles. The summed E-state index contributed by atoms with van der Waals surface area (Å²) in [5, 5.41) is 9.61. The van der Waals surface area contributed by atoms with Crippen molar-refractivity contribution in [3.8, 4) is 0 Å². The molecule has 3 rings (SSSR count). The van der Waals surface area contributed by atoms with E-state index in [-0.39, 0.29) is 23.5 Å². The number of nitrogens with zero attached hydrogens (tertiary/aromatic N) is 2. The van der Waals surface area contributed by atoms with Crippen LogP contribution in [0.15, 0.2) is 30.3 Å². The van der Waals surface area contributed by atoms with Crippen molar-refractivity contribution >= 4 is 33.4 Å². The van der Waals surface area contributed by atoms with Gasteiger partial charge in [0.25, 0.3) is 11.8 Å². The first-order chi connectivity index (χ1) is 15.9. The third-order valence-electron chi connectivity index (χ3n) is 5.55. The van der Waals surface area contributed by atoms with Gasteiger partial charge in [-0.25, -0.2) is 17.9 Å². The van der Waals surface area contributed by atoms with Crippen LogP contribution >= 0.6 is 0 Å². The van der Waals surface area contributed by atoms with Crippen LogP contribution in [0.2, 0.25) is 0 Å². The zero-order valence-electron chi connectivity index (χ0n) is 19.7. The normalized spacial score (nSPS) is 17.9. The molecule has 10 nitrogen and oxygen atoms in total. The van der Waals surface area contributed by atoms with Gasteiger partial charge in [0, 0.05) is 11.6 Å². The van der Waals surface area contributed by atoms with Crippen LogP contribution in [0.4, 0.5) is 5.82 Å². The van der Waals surface area contributed by atoms with Crippen LogP contribution < -0.4 is 10.6 Å². The van der Waals surface area contributed by atoms with E-state index in [2.05, 4.69) is 15.7 Å². The van der Waals surface area contributed by atoms with Crippen molar-refractivity contribution in [2.24, 2.45) is 5.92 Å². The van der Waals surface area contributed by atoms with E-state index >= 15 is 0 Å². The summed E-state index contributed by atoms with van der Waals surface area (Å²) in [6, 6.07) is 7.27. The van der Waals surface area contributed by atoms with Gasteiger partial charge in [-0.1, -0.05) is 31.5 Å². The Morgan fingerprint density at radius 2 is 1.85 bits per heavy atom. The zero-order valence-corrected chi connectivity index (χ0v) is 20.5. The molecule has 1 fully saturated rings. The summed E-state index contributed by atoms with van der Waals surface area (Å²) in [6.45, 7) is 6.61. The van der Waals surface area contributed by atoms with Crippen LogP contribution in [0.25, 0.3) is 0 Å². The number of anilines is 1. The van der Waals surface area contributed by atoms with Crippen LogP contribution in [0, 0.1) is 19.8 Å². The molecule has 2 amide bonds. The first-order valence-corrected chi connectivity index (χ1v) is 12.9. The summed E-state index contributed by atoms with van der Waals surface area (Å²) in [7, 11) is -3.13. The molecule has 1 aromatic carbocycles. The second-order valence-corrected chi connectivity index (χ2v) is 11.1. The van der Waals surface area contributed by atoms with Crippen molar-refractivity contribution in [3.05, 3.63) is 47.2 Å². The maximum absolute atomic E-state index is 12.6. The number of aryl methyl sites for hydroxylation is 2. The van der Waals surface area contributed by atoms with Crippen LogP contribution in [-0.2, 0) is 24.2 Å². The van der Waals surface area contributed by atoms with Gasteiger partial charge < -0.3 is 15.4 Å². The summed E-state index contributed by atoms with van der Waals surface area (Å²) in [4.78, 5) is 37.6. The second kappa shape index (κ2) is 10.4. The molecule has 2 aromatic rings. The number of ether oxygens (including phenoxy) is 1. The van der Waals surface area contributed by atoms with Crippen LogP contribution in [0.1, 0.15) is 47.9 Å². The van der Waals surface area contributed by atoms with Gasteiger partial charge in [0.05, 0.1) is 23.2 Å². The van der Waals surface area contributed by atoms with Crippen LogP contribution in [-0.4, -0.2) is 60.1 Å². The minimum absolute atomic E-state index is 0.0390. The summed E-state index contributed by atoms with van der Waals surface area (Å²) in [5.74, 6) is -1.62. The molecule has 11 heteroatoms. The fourth-order valence-electron chi connectivity index (χ4n) is 3.69. The quantitative estimate of drug-likeness (QED) is 0.538. The van der Waals surface area contributed by atoms with Crippen molar-refractivity contribution in [1.82, 2.24) is 15.1 Å². The van der Waals surface area contributed by atoms with Crippen molar-refractivity contribution < 1.29 is 27.5 Å². The molecular formula is C23H30N4O6S. The third-order valence-corrected chi connectivity index (χ3v) is 7.30. The molecule has 1 unspecified atom stereocenters. The van der Waals surface area contributed by atoms with Crippen LogP contribution in [0.5, 0.6) is 0 Å². The Hall–Kier alpha value is -3.21. The maximum atomic E-state index is 12.6. The van der Waals surface area contributed by atoms with Gasteiger partial charge in [-0.05, 0) is 38.3 Å². The highest BCUT2D eigenvalue weighted by Crippen LogP contribution is 2.27. The van der Waals surface area contributed by atoms with Crippen molar-refractivity contribution in [2.75, 3.05) is 23.4 Å². The van der Waals surface area contributed by atoms with Gasteiger partial charge in [0.1, 0.15) is 11.9 Å². The second-order valence-electron chi connectivity index (χ2n) is 8.89. The summed E-state index contributed by atoms with van der Waals surface area (Å²) in [6.07, 6.45) is 0.415. The van der Waals surface area contributed by atoms with Crippen molar-refractivity contribution in [3.63, 3.8) is 0 Å². The van der Waals surface area contributed by atoms with Gasteiger partial charge in [-0.2, -0.15) is 5.10 Å². The fraction of sp³-hybridized carbons (Fsp3) is 0.478. The number of carbonyl (C=O) groups excluding carboxylic acids is 3. The molecule has 2 N–H and O–H groups in total. The van der Waals surface area contributed by atoms with Gasteiger partial charge >= 0.3 is 5.97 Å². The Balaban J connectivity index is 1.59. The molecule has 0 bridgehead atoms. The number of esters is 1. The minimum Gasteiger partial charge on any atom is -0.454 e. The SMILES string of the molecule is Cc1ccc(C(=O)N[C@H](C(=O)OCC(=O)Nc2cc(C)nn2C2CCS(=O)(=O)C2)C(C)C)cc1. The van der Waals surface area contributed by atoms with E-state index in [0.717, 1.165) is 5.56 Å². The predicted molar refractivity (Wildman–Crippen MR) is 126 cm³/mol. The van der Waals surface area contributed by atoms with Crippen molar-refractivity contribution in [1.29, 1.82) is 0 Å². The van der Waals surface area contributed by atoms with E-state index in [0.29, 0.717) is 23.5 Å². The molecule has 0 radical (unpaired) electrons. The van der Waals surface area contributed by atoms with E-state index < -0.39 is 40.3 Å². The topological polar surface area (TPSA) is 136 Å². The molecular weight excluding hydrogens is 460 g/mol. The van der Waals surface area contributed by atoms with Gasteiger partial charge in [0.2, 0.25) is 0 Å². The first-order valence-electron chi connectivity index (χ1n) is 11.1. The van der Waals surface area contributed by atoms with E-state index in [9.17, 15) is 22.8 Å². The lowest BCUT2D eigenvalue weighted by Crippen LogP contribution is -2.46. The molecule has 34 heavy (non-hydrogen) atoms. The highest BCUT2D eigenvalue weighted by molar-refractivity contribution is 7.91. The monoisotopic (exact) mass is 490 g/mol. The van der Waals surface area contributed by atoms with Gasteiger partial charge in [-0.3, -0.25) is 9.59 Å². The lowest BCUT2D eigenvalue weighted by atomic mass is 10.0. The lowest BCUT2D eigenvalue weighted by Gasteiger charge is -2.21. The largest absolute Gasteiger partial charge is 0.454 e. The number of hydrogen-bond donors (Lipinski definition) is 2. The third kappa shape index (κ3) is 6.43. The highest BCUT2D eigenvalue weighted by atomic mass is 32.2. The molecule has 1 aliphatic rings. The number of amides is 2. The Morgan fingerprint density at radius 3 is 2.44 bits per heavy atom. The Morgan fingerprint density at radius 1 is 1.18 bits per heavy atom. The Bertz CT molecular complexity index is 1170. The molecule has 0 saturated carbocycles. The number of aromatic nitrogens is 2. The van der Waals surface area contributed by atoms with Crippen LogP contribution in [0.3, 0.4) is 0 Å². The zero-order chi connectivity index (χ0) is 25.0. The van der Waals surface area contributed by atoms with Crippen molar-refractivity contribution in [2.45, 2.75) is 46.2 Å². The minimum atomic E-state index is -3.13. The first kappa shape index (κ1) is 25.4. The smallest absolute Gasteiger partial charge is 0.329 e. The van der Waals surface area contributed by atoms with Gasteiger partial charge in [0.15, 0.2) is 16.4 Å². The molecule has 1 aliphatic heterocycles. The van der Waals surface area contributed by atoms with Gasteiger partial charge in [-0.15, -0.1) is 0 Å². The Labute approximate surface area is 199 Å². The number of hydrogen-bond acceptors (Lipinski definition) is 7. The van der Waals surface area contributed by atoms with E-state index in [1.54, 1.807) is 51.1 Å². The number of benzene rings is 1. The lowest BCUT2D eigenvalue weighted by molar-refractivity contribution is -0.150. The number of rotatable bonds is 8. The molecule has 0 aliphatic carbocycles. The molecule has 1 aromatic heterocycles. The molecule has 2 atom stereocenters. The number of sulfone groups is 1. The number of carbonyl (C=O) groups is 3. The Kier molecular flexibility index (Phi) is 7.75. The van der Waals surface area contributed by atoms with E-state index in [4.69, 9.17) is 4.74 Å². The molecule has 184 valence electrons. The molecule has 1 saturated heterocycles. The standard InChI is InChI=1S/C23H30N4O6S/c1-14(2)21(25-22(29)17-7-5-15(3)6-8-17)23(30)33-12-20(28)24-19-11-16(4)26-27(19)18-9-10-34(31,32)13-18/h5-8,11,14,18,21H,9-10,12-13H2,1-4H3,(H,24,28)(H,25,29)/t18?,21-/m0/s1. The summed E-state index contributed by atoms with van der Waals surface area (Å²) >= 11 is 0.